The molecule has 0 atom stereocenters. The van der Waals surface area contributed by atoms with Crippen LogP contribution in [0.4, 0.5) is 0 Å². The molecule has 2 N–H and O–H groups in total. The van der Waals surface area contributed by atoms with E-state index in [9.17, 15) is 0 Å². The van der Waals surface area contributed by atoms with E-state index in [-0.39, 0.29) is 17.9 Å². The van der Waals surface area contributed by atoms with Crippen LogP contribution in [0.5, 0.6) is 0 Å². The first kappa shape index (κ1) is 14.5. The average molecular weight is 255 g/mol. The lowest BCUT2D eigenvalue weighted by Crippen LogP contribution is -2.46. The van der Waals surface area contributed by atoms with Gasteiger partial charge in [0.05, 0.1) is 0 Å². The number of nitrogens with two attached hydrogens (primary N) is 1. The largest absolute Gasteiger partial charge is 0.328 e. The molecule has 1 aliphatic carbocycles. The molecule has 0 unspecified atom stereocenters. The minimum absolute atomic E-state index is 0. The molecular weight excluding hydrogens is 232 g/mol. The maximum absolute atomic E-state index is 6.02. The molecule has 0 amide bonds. The first-order valence-electron chi connectivity index (χ1n) is 6.14. The van der Waals surface area contributed by atoms with Crippen LogP contribution in [-0.2, 0) is 5.54 Å². The Hall–Kier alpha value is -0.570. The van der Waals surface area contributed by atoms with E-state index in [0.717, 1.165) is 12.8 Å². The normalized spacial score (nSPS) is 28.8. The summed E-state index contributed by atoms with van der Waals surface area (Å²) in [5, 5.41) is 0. The molecule has 2 rings (SSSR count). The minimum Gasteiger partial charge on any atom is -0.328 e. The third-order valence-corrected chi connectivity index (χ3v) is 4.02. The van der Waals surface area contributed by atoms with Crippen molar-refractivity contribution < 1.29 is 0 Å². The highest BCUT2D eigenvalue weighted by Gasteiger charge is 2.37. The molecule has 0 aliphatic heterocycles. The first-order chi connectivity index (χ1) is 7.65. The second-order valence-electron chi connectivity index (χ2n) is 5.13. The third-order valence-electron chi connectivity index (χ3n) is 4.02. The van der Waals surface area contributed by atoms with Crippen molar-refractivity contribution in [3.05, 3.63) is 35.9 Å². The summed E-state index contributed by atoms with van der Waals surface area (Å²) in [6, 6.07) is 11.2. The molecule has 0 saturated heterocycles. The van der Waals surface area contributed by atoms with Gasteiger partial charge in [-0.25, -0.2) is 0 Å². The van der Waals surface area contributed by atoms with Gasteiger partial charge in [0.15, 0.2) is 0 Å². The Morgan fingerprint density at radius 3 is 2.12 bits per heavy atom. The van der Waals surface area contributed by atoms with Gasteiger partial charge in [0, 0.05) is 11.6 Å². The zero-order chi connectivity index (χ0) is 11.6. The van der Waals surface area contributed by atoms with Gasteiger partial charge in [0.25, 0.3) is 0 Å². The van der Waals surface area contributed by atoms with Gasteiger partial charge >= 0.3 is 0 Å². The Bertz CT molecular complexity index is 329. The summed E-state index contributed by atoms with van der Waals surface area (Å²) in [4.78, 5) is 2.37. The summed E-state index contributed by atoms with van der Waals surface area (Å²) < 4.78 is 0. The summed E-state index contributed by atoms with van der Waals surface area (Å²) in [5.74, 6) is 0. The molecule has 0 spiro atoms. The van der Waals surface area contributed by atoms with E-state index in [2.05, 4.69) is 49.3 Å². The topological polar surface area (TPSA) is 29.3 Å². The molecule has 0 bridgehead atoms. The molecular formula is C14H23ClN2. The summed E-state index contributed by atoms with van der Waals surface area (Å²) in [6.45, 7) is 0. The number of hydrogen-bond acceptors (Lipinski definition) is 2. The standard InChI is InChI=1S/C14H22N2.ClH/c1-16(2)14(10-8-13(15)9-11-14)12-6-4-3-5-7-12;/h3-7,13H,8-11,15H2,1-2H3;1H. The van der Waals surface area contributed by atoms with Gasteiger partial charge in [-0.05, 0) is 45.3 Å². The summed E-state index contributed by atoms with van der Waals surface area (Å²) in [6.07, 6.45) is 4.61. The predicted octanol–water partition coefficient (Wildman–Crippen LogP) is 2.77. The number of halogens is 1. The quantitative estimate of drug-likeness (QED) is 0.880. The molecule has 3 heteroatoms. The highest BCUT2D eigenvalue weighted by Crippen LogP contribution is 2.40. The Kier molecular flexibility index (Phi) is 4.99. The zero-order valence-corrected chi connectivity index (χ0v) is 11.5. The van der Waals surface area contributed by atoms with Crippen molar-refractivity contribution in [1.82, 2.24) is 4.90 Å². The molecule has 0 heterocycles. The predicted molar refractivity (Wildman–Crippen MR) is 75.5 cm³/mol. The van der Waals surface area contributed by atoms with Gasteiger partial charge in [0.2, 0.25) is 0 Å². The molecule has 2 nitrogen and oxygen atoms in total. The van der Waals surface area contributed by atoms with Gasteiger partial charge in [-0.3, -0.25) is 4.90 Å². The average Bonchev–Trinajstić information content (AvgIpc) is 2.31. The number of benzene rings is 1. The smallest absolute Gasteiger partial charge is 0.0455 e. The van der Waals surface area contributed by atoms with Crippen LogP contribution in [0.15, 0.2) is 30.3 Å². The van der Waals surface area contributed by atoms with Crippen molar-refractivity contribution in [3.8, 4) is 0 Å². The van der Waals surface area contributed by atoms with E-state index < -0.39 is 0 Å². The second-order valence-corrected chi connectivity index (χ2v) is 5.13. The molecule has 1 aromatic carbocycles. The van der Waals surface area contributed by atoms with E-state index in [1.54, 1.807) is 0 Å². The molecule has 1 saturated carbocycles. The maximum Gasteiger partial charge on any atom is 0.0455 e. The fraction of sp³-hybridized carbons (Fsp3) is 0.571. The van der Waals surface area contributed by atoms with E-state index in [1.807, 2.05) is 0 Å². The molecule has 0 aromatic heterocycles. The van der Waals surface area contributed by atoms with Crippen molar-refractivity contribution >= 4 is 12.4 Å². The van der Waals surface area contributed by atoms with E-state index >= 15 is 0 Å². The van der Waals surface area contributed by atoms with Crippen LogP contribution in [0.25, 0.3) is 0 Å². The molecule has 96 valence electrons. The highest BCUT2D eigenvalue weighted by molar-refractivity contribution is 5.85. The van der Waals surface area contributed by atoms with Crippen molar-refractivity contribution in [1.29, 1.82) is 0 Å². The van der Waals surface area contributed by atoms with E-state index in [0.29, 0.717) is 6.04 Å². The Balaban J connectivity index is 0.00000144. The lowest BCUT2D eigenvalue weighted by Gasteiger charge is -2.45. The molecule has 1 aliphatic rings. The van der Waals surface area contributed by atoms with Crippen LogP contribution in [0.2, 0.25) is 0 Å². The molecule has 17 heavy (non-hydrogen) atoms. The van der Waals surface area contributed by atoms with Crippen LogP contribution in [0.1, 0.15) is 31.2 Å². The fourth-order valence-electron chi connectivity index (χ4n) is 2.86. The Morgan fingerprint density at radius 2 is 1.65 bits per heavy atom. The van der Waals surface area contributed by atoms with Crippen LogP contribution >= 0.6 is 12.4 Å². The summed E-state index contributed by atoms with van der Waals surface area (Å²) >= 11 is 0. The fourth-order valence-corrected chi connectivity index (χ4v) is 2.86. The van der Waals surface area contributed by atoms with Gasteiger partial charge in [0.1, 0.15) is 0 Å². The Labute approximate surface area is 111 Å². The summed E-state index contributed by atoms with van der Waals surface area (Å²) in [7, 11) is 4.37. The third kappa shape index (κ3) is 2.82. The van der Waals surface area contributed by atoms with Crippen molar-refractivity contribution in [2.45, 2.75) is 37.3 Å². The number of hydrogen-bond donors (Lipinski definition) is 1. The maximum atomic E-state index is 6.02. The highest BCUT2D eigenvalue weighted by atomic mass is 35.5. The van der Waals surface area contributed by atoms with Crippen molar-refractivity contribution in [2.75, 3.05) is 14.1 Å². The Morgan fingerprint density at radius 1 is 1.12 bits per heavy atom. The van der Waals surface area contributed by atoms with Crippen molar-refractivity contribution in [2.24, 2.45) is 5.73 Å². The van der Waals surface area contributed by atoms with Crippen LogP contribution in [0, 0.1) is 0 Å². The van der Waals surface area contributed by atoms with Crippen LogP contribution in [-0.4, -0.2) is 25.0 Å². The first-order valence-corrected chi connectivity index (χ1v) is 6.14. The van der Waals surface area contributed by atoms with Crippen LogP contribution < -0.4 is 5.73 Å². The van der Waals surface area contributed by atoms with Gasteiger partial charge in [-0.15, -0.1) is 12.4 Å². The second kappa shape index (κ2) is 5.85. The van der Waals surface area contributed by atoms with Crippen LogP contribution in [0.3, 0.4) is 0 Å². The number of nitrogens with zero attached hydrogens (tertiary/aromatic N) is 1. The SMILES string of the molecule is CN(C)C1(c2ccccc2)CCC(N)CC1.Cl. The molecule has 0 radical (unpaired) electrons. The van der Waals surface area contributed by atoms with E-state index in [4.69, 9.17) is 5.73 Å². The lowest BCUT2D eigenvalue weighted by molar-refractivity contribution is 0.0918. The molecule has 1 aromatic rings. The zero-order valence-electron chi connectivity index (χ0n) is 10.7. The van der Waals surface area contributed by atoms with Crippen molar-refractivity contribution in [3.63, 3.8) is 0 Å². The van der Waals surface area contributed by atoms with E-state index in [1.165, 1.54) is 18.4 Å². The van der Waals surface area contributed by atoms with Gasteiger partial charge in [-0.1, -0.05) is 30.3 Å². The van der Waals surface area contributed by atoms with Gasteiger partial charge in [-0.2, -0.15) is 0 Å². The number of rotatable bonds is 2. The lowest BCUT2D eigenvalue weighted by atomic mass is 9.74. The molecule has 1 fully saturated rings. The monoisotopic (exact) mass is 254 g/mol. The summed E-state index contributed by atoms with van der Waals surface area (Å²) in [5.41, 5.74) is 7.66. The minimum atomic E-state index is 0. The van der Waals surface area contributed by atoms with Gasteiger partial charge < -0.3 is 5.73 Å².